The molecule has 0 amide bonds. The van der Waals surface area contributed by atoms with Crippen molar-refractivity contribution in [3.05, 3.63) is 53.6 Å². The molecular weight excluding hydrogens is 380 g/mol. The zero-order valence-corrected chi connectivity index (χ0v) is 17.6. The molecule has 0 aliphatic carbocycles. The van der Waals surface area contributed by atoms with E-state index in [9.17, 15) is 4.79 Å². The minimum Gasteiger partial charge on any atom is -0.465 e. The number of nitrogens with zero attached hydrogens (tertiary/aromatic N) is 3. The van der Waals surface area contributed by atoms with E-state index in [1.165, 1.54) is 12.7 Å². The number of fused-ring (bicyclic) bond motifs is 1. The number of aromatic nitrogens is 2. The van der Waals surface area contributed by atoms with Gasteiger partial charge in [0.25, 0.3) is 0 Å². The summed E-state index contributed by atoms with van der Waals surface area (Å²) in [6, 6.07) is 13.8. The molecule has 2 aromatic carbocycles. The van der Waals surface area contributed by atoms with Gasteiger partial charge >= 0.3 is 5.97 Å². The first-order valence-electron chi connectivity index (χ1n) is 10.4. The van der Waals surface area contributed by atoms with Crippen LogP contribution in [0, 0.1) is 6.92 Å². The first-order chi connectivity index (χ1) is 14.6. The van der Waals surface area contributed by atoms with Gasteiger partial charge in [0.2, 0.25) is 5.95 Å². The van der Waals surface area contributed by atoms with Gasteiger partial charge in [-0.25, -0.2) is 9.78 Å². The van der Waals surface area contributed by atoms with E-state index in [4.69, 9.17) is 14.5 Å². The average molecular weight is 409 g/mol. The maximum absolute atomic E-state index is 11.9. The summed E-state index contributed by atoms with van der Waals surface area (Å²) in [6.07, 6.45) is 1.01. The number of methoxy groups -OCH3 is 1. The summed E-state index contributed by atoms with van der Waals surface area (Å²) in [5, 5.41) is 3.46. The number of imidazole rings is 1. The van der Waals surface area contributed by atoms with Crippen molar-refractivity contribution in [1.82, 2.24) is 14.5 Å². The Bertz CT molecular complexity index is 1020. The number of hydrogen-bond acceptors (Lipinski definition) is 6. The number of rotatable bonds is 7. The maximum Gasteiger partial charge on any atom is 0.337 e. The summed E-state index contributed by atoms with van der Waals surface area (Å²) in [5.41, 5.74) is 4.46. The zero-order chi connectivity index (χ0) is 20.9. The summed E-state index contributed by atoms with van der Waals surface area (Å²) in [7, 11) is 1.39. The van der Waals surface area contributed by atoms with Crippen LogP contribution in [0.15, 0.2) is 42.5 Å². The molecule has 1 aliphatic rings. The number of carbonyl (C=O) groups excluding carboxylic acids is 1. The highest BCUT2D eigenvalue weighted by atomic mass is 16.5. The van der Waals surface area contributed by atoms with E-state index >= 15 is 0 Å². The largest absolute Gasteiger partial charge is 0.465 e. The number of aryl methyl sites for hydroxylation is 2. The molecule has 0 atom stereocenters. The molecule has 30 heavy (non-hydrogen) atoms. The summed E-state index contributed by atoms with van der Waals surface area (Å²) in [5.74, 6) is 0.423. The van der Waals surface area contributed by atoms with E-state index in [1.807, 2.05) is 18.2 Å². The second kappa shape index (κ2) is 9.28. The third-order valence-electron chi connectivity index (χ3n) is 5.40. The summed E-state index contributed by atoms with van der Waals surface area (Å²) in [4.78, 5) is 19.2. The number of ether oxygens (including phenoxy) is 2. The minimum absolute atomic E-state index is 0.355. The Labute approximate surface area is 176 Å². The average Bonchev–Trinajstić information content (AvgIpc) is 3.10. The number of benzene rings is 2. The molecule has 1 saturated heterocycles. The van der Waals surface area contributed by atoms with Gasteiger partial charge in [-0.15, -0.1) is 0 Å². The van der Waals surface area contributed by atoms with Gasteiger partial charge in [-0.2, -0.15) is 0 Å². The van der Waals surface area contributed by atoms with Crippen molar-refractivity contribution < 1.29 is 14.3 Å². The van der Waals surface area contributed by atoms with Crippen LogP contribution in [0.2, 0.25) is 0 Å². The van der Waals surface area contributed by atoms with Crippen molar-refractivity contribution >= 4 is 28.6 Å². The Balaban J connectivity index is 1.60. The lowest BCUT2D eigenvalue weighted by atomic mass is 10.2. The number of nitrogens with one attached hydrogen (secondary N) is 1. The number of esters is 1. The van der Waals surface area contributed by atoms with Crippen LogP contribution in [-0.2, 0) is 16.0 Å². The van der Waals surface area contributed by atoms with Crippen LogP contribution >= 0.6 is 0 Å². The lowest BCUT2D eigenvalue weighted by Crippen LogP contribution is -2.37. The van der Waals surface area contributed by atoms with E-state index in [1.54, 1.807) is 12.1 Å². The molecular formula is C23H28N4O3. The minimum atomic E-state index is -0.355. The van der Waals surface area contributed by atoms with Crippen molar-refractivity contribution in [2.75, 3.05) is 45.3 Å². The van der Waals surface area contributed by atoms with Gasteiger partial charge in [0.1, 0.15) is 0 Å². The van der Waals surface area contributed by atoms with Crippen molar-refractivity contribution in [2.45, 2.75) is 19.9 Å². The summed E-state index contributed by atoms with van der Waals surface area (Å²) in [6.45, 7) is 7.52. The Morgan fingerprint density at radius 3 is 2.77 bits per heavy atom. The quantitative estimate of drug-likeness (QED) is 0.603. The molecule has 158 valence electrons. The highest BCUT2D eigenvalue weighted by molar-refractivity contribution is 5.94. The van der Waals surface area contributed by atoms with Crippen LogP contribution in [0.1, 0.15) is 22.3 Å². The molecule has 1 aromatic heterocycles. The number of anilines is 2. The SMILES string of the molecule is COC(=O)c1ccc2c(c1)nc(Nc1cccc(C)c1)n2CCCN1CCOCC1. The molecule has 7 nitrogen and oxygen atoms in total. The van der Waals surface area contributed by atoms with E-state index in [0.29, 0.717) is 5.56 Å². The van der Waals surface area contributed by atoms with Crippen LogP contribution in [0.25, 0.3) is 11.0 Å². The molecule has 1 aliphatic heterocycles. The molecule has 7 heteroatoms. The smallest absolute Gasteiger partial charge is 0.337 e. The van der Waals surface area contributed by atoms with Gasteiger partial charge in [-0.05, 0) is 49.2 Å². The van der Waals surface area contributed by atoms with Crippen LogP contribution in [0.5, 0.6) is 0 Å². The molecule has 2 heterocycles. The van der Waals surface area contributed by atoms with Gasteiger partial charge in [0, 0.05) is 31.9 Å². The monoisotopic (exact) mass is 408 g/mol. The van der Waals surface area contributed by atoms with E-state index in [-0.39, 0.29) is 5.97 Å². The maximum atomic E-state index is 11.9. The molecule has 0 bridgehead atoms. The van der Waals surface area contributed by atoms with Gasteiger partial charge < -0.3 is 19.4 Å². The summed E-state index contributed by atoms with van der Waals surface area (Å²) >= 11 is 0. The van der Waals surface area contributed by atoms with E-state index in [2.05, 4.69) is 33.8 Å². The molecule has 3 aromatic rings. The Kier molecular flexibility index (Phi) is 6.30. The fourth-order valence-corrected chi connectivity index (χ4v) is 3.83. The van der Waals surface area contributed by atoms with Crippen LogP contribution in [0.3, 0.4) is 0 Å². The third-order valence-corrected chi connectivity index (χ3v) is 5.40. The second-order valence-corrected chi connectivity index (χ2v) is 7.58. The Hall–Kier alpha value is -2.90. The Morgan fingerprint density at radius 2 is 2.00 bits per heavy atom. The third kappa shape index (κ3) is 4.63. The first-order valence-corrected chi connectivity index (χ1v) is 10.4. The van der Waals surface area contributed by atoms with Gasteiger partial charge in [0.15, 0.2) is 0 Å². The molecule has 0 saturated carbocycles. The molecule has 1 fully saturated rings. The zero-order valence-electron chi connectivity index (χ0n) is 17.6. The van der Waals surface area contributed by atoms with Crippen molar-refractivity contribution in [2.24, 2.45) is 0 Å². The second-order valence-electron chi connectivity index (χ2n) is 7.58. The van der Waals surface area contributed by atoms with Crippen molar-refractivity contribution in [3.63, 3.8) is 0 Å². The molecule has 0 spiro atoms. The Morgan fingerprint density at radius 1 is 1.17 bits per heavy atom. The molecule has 0 radical (unpaired) electrons. The van der Waals surface area contributed by atoms with Crippen LogP contribution in [-0.4, -0.2) is 60.4 Å². The van der Waals surface area contributed by atoms with E-state index < -0.39 is 0 Å². The first kappa shape index (κ1) is 20.4. The van der Waals surface area contributed by atoms with Crippen molar-refractivity contribution in [1.29, 1.82) is 0 Å². The standard InChI is InChI=1S/C23H28N4O3/c1-17-5-3-6-19(15-17)24-23-25-20-16-18(22(28)29-2)7-8-21(20)27(23)10-4-9-26-11-13-30-14-12-26/h3,5-8,15-16H,4,9-14H2,1-2H3,(H,24,25). The lowest BCUT2D eigenvalue weighted by molar-refractivity contribution is 0.0370. The van der Waals surface area contributed by atoms with E-state index in [0.717, 1.165) is 68.5 Å². The van der Waals surface area contributed by atoms with Gasteiger partial charge in [-0.3, -0.25) is 4.90 Å². The predicted octanol–water partition coefficient (Wildman–Crippen LogP) is 3.60. The highest BCUT2D eigenvalue weighted by Gasteiger charge is 2.15. The van der Waals surface area contributed by atoms with Gasteiger partial charge in [-0.1, -0.05) is 12.1 Å². The molecule has 4 rings (SSSR count). The number of morpholine rings is 1. The van der Waals surface area contributed by atoms with Crippen molar-refractivity contribution in [3.8, 4) is 0 Å². The number of hydrogen-bond donors (Lipinski definition) is 1. The normalized spacial score (nSPS) is 14.7. The molecule has 0 unspecified atom stereocenters. The topological polar surface area (TPSA) is 68.6 Å². The molecule has 1 N–H and O–H groups in total. The lowest BCUT2D eigenvalue weighted by Gasteiger charge is -2.26. The highest BCUT2D eigenvalue weighted by Crippen LogP contribution is 2.25. The van der Waals surface area contributed by atoms with Crippen LogP contribution < -0.4 is 5.32 Å². The summed E-state index contributed by atoms with van der Waals surface area (Å²) < 4.78 is 12.5. The fraction of sp³-hybridized carbons (Fsp3) is 0.391. The van der Waals surface area contributed by atoms with Crippen LogP contribution in [0.4, 0.5) is 11.6 Å². The number of carbonyl (C=O) groups is 1. The predicted molar refractivity (Wildman–Crippen MR) is 117 cm³/mol. The fourth-order valence-electron chi connectivity index (χ4n) is 3.83. The van der Waals surface area contributed by atoms with Gasteiger partial charge in [0.05, 0.1) is 36.9 Å².